The van der Waals surface area contributed by atoms with Gasteiger partial charge in [0.1, 0.15) is 0 Å². The van der Waals surface area contributed by atoms with E-state index in [0.717, 1.165) is 19.1 Å². The van der Waals surface area contributed by atoms with Crippen molar-refractivity contribution in [1.82, 2.24) is 0 Å². The summed E-state index contributed by atoms with van der Waals surface area (Å²) >= 11 is 0. The minimum Gasteiger partial charge on any atom is -0.378 e. The molecule has 2 atom stereocenters. The Morgan fingerprint density at radius 3 is 2.58 bits per heavy atom. The van der Waals surface area contributed by atoms with E-state index in [2.05, 4.69) is 52.0 Å². The molecule has 1 heterocycles. The number of hydrogen-bond donors (Lipinski definition) is 0. The van der Waals surface area contributed by atoms with E-state index in [1.165, 1.54) is 37.7 Å². The van der Waals surface area contributed by atoms with Crippen molar-refractivity contribution in [1.29, 1.82) is 0 Å². The zero-order valence-corrected chi connectivity index (χ0v) is 16.0. The molecule has 1 aromatic carbocycles. The summed E-state index contributed by atoms with van der Waals surface area (Å²) in [4.78, 5) is 4.71. The molecule has 0 spiro atoms. The minimum atomic E-state index is 0.420. The van der Waals surface area contributed by atoms with Gasteiger partial charge in [-0.3, -0.25) is 4.99 Å². The molecule has 134 valence electrons. The quantitative estimate of drug-likeness (QED) is 0.556. The van der Waals surface area contributed by atoms with Crippen LogP contribution in [0.15, 0.2) is 35.3 Å². The van der Waals surface area contributed by atoms with Crippen LogP contribution in [0.4, 0.5) is 0 Å². The summed E-state index contributed by atoms with van der Waals surface area (Å²) in [7, 11) is 0. The summed E-state index contributed by atoms with van der Waals surface area (Å²) in [5.74, 6) is 1.38. The van der Waals surface area contributed by atoms with Crippen LogP contribution in [0, 0.1) is 17.3 Å². The second kappa shape index (κ2) is 9.36. The zero-order valence-electron chi connectivity index (χ0n) is 16.0. The van der Waals surface area contributed by atoms with Crippen molar-refractivity contribution in [3.05, 3.63) is 35.9 Å². The Bertz CT molecular complexity index is 494. The van der Waals surface area contributed by atoms with E-state index in [1.54, 1.807) is 0 Å². The van der Waals surface area contributed by atoms with Gasteiger partial charge in [0.2, 0.25) is 0 Å². The highest BCUT2D eigenvalue weighted by Crippen LogP contribution is 2.43. The van der Waals surface area contributed by atoms with E-state index >= 15 is 0 Å². The van der Waals surface area contributed by atoms with Gasteiger partial charge in [-0.05, 0) is 48.5 Å². The molecule has 0 aliphatic carbocycles. The molecule has 0 N–H and O–H groups in total. The molecular formula is C22H35NO. The lowest BCUT2D eigenvalue weighted by Crippen LogP contribution is -2.38. The number of benzene rings is 1. The van der Waals surface area contributed by atoms with Crippen LogP contribution in [0.1, 0.15) is 65.4 Å². The number of nitrogens with zero attached hydrogens (tertiary/aromatic N) is 1. The lowest BCUT2D eigenvalue weighted by Gasteiger charge is -2.43. The summed E-state index contributed by atoms with van der Waals surface area (Å²) < 4.78 is 6.04. The number of ether oxygens (including phenoxy) is 1. The van der Waals surface area contributed by atoms with Crippen LogP contribution in [0.3, 0.4) is 0 Å². The van der Waals surface area contributed by atoms with Gasteiger partial charge in [-0.15, -0.1) is 0 Å². The van der Waals surface area contributed by atoms with Gasteiger partial charge in [0, 0.05) is 19.4 Å². The highest BCUT2D eigenvalue weighted by Gasteiger charge is 2.37. The van der Waals surface area contributed by atoms with Gasteiger partial charge in [-0.25, -0.2) is 0 Å². The summed E-state index contributed by atoms with van der Waals surface area (Å²) in [6.45, 7) is 11.1. The first-order valence-corrected chi connectivity index (χ1v) is 9.67. The third-order valence-electron chi connectivity index (χ3n) is 5.41. The van der Waals surface area contributed by atoms with E-state index in [4.69, 9.17) is 9.73 Å². The molecular weight excluding hydrogens is 294 g/mol. The molecule has 2 rings (SSSR count). The van der Waals surface area contributed by atoms with Crippen molar-refractivity contribution in [3.8, 4) is 0 Å². The fraction of sp³-hybridized carbons (Fsp3) is 0.682. The fourth-order valence-electron chi connectivity index (χ4n) is 3.63. The largest absolute Gasteiger partial charge is 0.378 e. The Kier molecular flexibility index (Phi) is 7.48. The molecule has 2 heteroatoms. The van der Waals surface area contributed by atoms with Crippen LogP contribution >= 0.6 is 0 Å². The minimum absolute atomic E-state index is 0.420. The SMILES string of the molecule is CC(C)CC[C@]1(CCN=Cc2ccccc2)CCO[C@@H](C(C)C)C1. The summed E-state index contributed by atoms with van der Waals surface area (Å²) in [5.41, 5.74) is 1.62. The van der Waals surface area contributed by atoms with Crippen LogP contribution in [0.2, 0.25) is 0 Å². The highest BCUT2D eigenvalue weighted by atomic mass is 16.5. The molecule has 24 heavy (non-hydrogen) atoms. The Balaban J connectivity index is 1.96. The van der Waals surface area contributed by atoms with Crippen LogP contribution in [0.5, 0.6) is 0 Å². The smallest absolute Gasteiger partial charge is 0.0603 e. The first-order chi connectivity index (χ1) is 11.5. The summed E-state index contributed by atoms with van der Waals surface area (Å²) in [6.07, 6.45) is 8.67. The molecule has 1 fully saturated rings. The third kappa shape index (κ3) is 6.05. The lowest BCUT2D eigenvalue weighted by atomic mass is 9.69. The predicted octanol–water partition coefficient (Wildman–Crippen LogP) is 5.75. The normalized spacial score (nSPS) is 25.0. The lowest BCUT2D eigenvalue weighted by molar-refractivity contribution is -0.0755. The van der Waals surface area contributed by atoms with Crippen molar-refractivity contribution in [2.45, 2.75) is 65.9 Å². The Morgan fingerprint density at radius 1 is 1.17 bits per heavy atom. The molecule has 1 saturated heterocycles. The first kappa shape index (κ1) is 19.2. The van der Waals surface area contributed by atoms with Crippen LogP contribution in [-0.2, 0) is 4.74 Å². The van der Waals surface area contributed by atoms with Gasteiger partial charge in [-0.1, -0.05) is 64.4 Å². The van der Waals surface area contributed by atoms with Gasteiger partial charge in [-0.2, -0.15) is 0 Å². The topological polar surface area (TPSA) is 21.6 Å². The van der Waals surface area contributed by atoms with E-state index in [-0.39, 0.29) is 0 Å². The number of hydrogen-bond acceptors (Lipinski definition) is 2. The molecule has 0 aromatic heterocycles. The molecule has 1 aliphatic heterocycles. The molecule has 0 bridgehead atoms. The average Bonchev–Trinajstić information content (AvgIpc) is 2.58. The molecule has 0 radical (unpaired) electrons. The van der Waals surface area contributed by atoms with Gasteiger partial charge in [0.05, 0.1) is 6.10 Å². The van der Waals surface area contributed by atoms with E-state index < -0.39 is 0 Å². The molecule has 0 saturated carbocycles. The number of rotatable bonds is 8. The predicted molar refractivity (Wildman–Crippen MR) is 104 cm³/mol. The van der Waals surface area contributed by atoms with Crippen LogP contribution in [-0.4, -0.2) is 25.5 Å². The van der Waals surface area contributed by atoms with E-state index in [1.807, 2.05) is 12.3 Å². The van der Waals surface area contributed by atoms with Crippen molar-refractivity contribution in [2.24, 2.45) is 22.2 Å². The van der Waals surface area contributed by atoms with Gasteiger partial charge < -0.3 is 4.74 Å². The maximum Gasteiger partial charge on any atom is 0.0603 e. The second-order valence-electron chi connectivity index (χ2n) is 8.24. The average molecular weight is 330 g/mol. The fourth-order valence-corrected chi connectivity index (χ4v) is 3.63. The highest BCUT2D eigenvalue weighted by molar-refractivity contribution is 5.79. The Hall–Kier alpha value is -1.15. The van der Waals surface area contributed by atoms with Crippen molar-refractivity contribution in [3.63, 3.8) is 0 Å². The monoisotopic (exact) mass is 329 g/mol. The van der Waals surface area contributed by atoms with E-state index in [9.17, 15) is 0 Å². The summed E-state index contributed by atoms with van der Waals surface area (Å²) in [5, 5.41) is 0. The summed E-state index contributed by atoms with van der Waals surface area (Å²) in [6, 6.07) is 10.4. The first-order valence-electron chi connectivity index (χ1n) is 9.67. The van der Waals surface area contributed by atoms with Crippen molar-refractivity contribution in [2.75, 3.05) is 13.2 Å². The number of aliphatic imine (C=N–C) groups is 1. The molecule has 1 aromatic rings. The molecule has 0 amide bonds. The molecule has 2 nitrogen and oxygen atoms in total. The van der Waals surface area contributed by atoms with Crippen LogP contribution < -0.4 is 0 Å². The zero-order chi connectivity index (χ0) is 17.4. The maximum absolute atomic E-state index is 6.04. The van der Waals surface area contributed by atoms with Gasteiger partial charge >= 0.3 is 0 Å². The third-order valence-corrected chi connectivity index (χ3v) is 5.41. The second-order valence-corrected chi connectivity index (χ2v) is 8.24. The molecule has 1 aliphatic rings. The molecule has 0 unspecified atom stereocenters. The standard InChI is InChI=1S/C22H35NO/c1-18(2)10-11-22(13-15-24-21(16-22)19(3)4)12-14-23-17-20-8-6-5-7-9-20/h5-9,17-19,21H,10-16H2,1-4H3/t21-,22+/m1/s1. The van der Waals surface area contributed by atoms with Gasteiger partial charge in [0.25, 0.3) is 0 Å². The van der Waals surface area contributed by atoms with Crippen LogP contribution in [0.25, 0.3) is 0 Å². The Labute approximate surface area is 148 Å². The Morgan fingerprint density at radius 2 is 1.92 bits per heavy atom. The van der Waals surface area contributed by atoms with Crippen molar-refractivity contribution >= 4 is 6.21 Å². The van der Waals surface area contributed by atoms with Gasteiger partial charge in [0.15, 0.2) is 0 Å². The maximum atomic E-state index is 6.04. The van der Waals surface area contributed by atoms with Crippen molar-refractivity contribution < 1.29 is 4.74 Å². The van der Waals surface area contributed by atoms with E-state index in [0.29, 0.717) is 17.4 Å².